The summed E-state index contributed by atoms with van der Waals surface area (Å²) in [5, 5.41) is 3.09. The zero-order valence-electron chi connectivity index (χ0n) is 15.4. The van der Waals surface area contributed by atoms with Crippen LogP contribution < -0.4 is 21.3 Å². The van der Waals surface area contributed by atoms with Crippen LogP contribution in [0.25, 0.3) is 0 Å². The van der Waals surface area contributed by atoms with Crippen LogP contribution in [0.2, 0.25) is 0 Å². The second-order valence-electron chi connectivity index (χ2n) is 6.24. The number of aromatic nitrogens is 1. The van der Waals surface area contributed by atoms with Gasteiger partial charge in [0.05, 0.1) is 6.04 Å². The molecule has 0 spiro atoms. The highest BCUT2D eigenvalue weighted by atomic mass is 32.2. The van der Waals surface area contributed by atoms with Crippen LogP contribution in [0, 0.1) is 0 Å². The van der Waals surface area contributed by atoms with Crippen molar-refractivity contribution in [3.63, 3.8) is 0 Å². The van der Waals surface area contributed by atoms with Crippen LogP contribution in [-0.4, -0.2) is 39.7 Å². The van der Waals surface area contributed by atoms with Crippen LogP contribution in [0.4, 0.5) is 0 Å². The third kappa shape index (κ3) is 5.30. The number of rotatable bonds is 9. The molecule has 0 bridgehead atoms. The number of ether oxygens (including phenoxy) is 1. The number of Topliss-reactive ketones (excluding diaryl/α,β-unsaturated/α-hetero) is 1. The van der Waals surface area contributed by atoms with Crippen molar-refractivity contribution in [3.8, 4) is 5.75 Å². The maximum atomic E-state index is 12.7. The highest BCUT2D eigenvalue weighted by Gasteiger charge is 2.41. The van der Waals surface area contributed by atoms with Crippen molar-refractivity contribution in [2.75, 3.05) is 12.4 Å². The maximum Gasteiger partial charge on any atom is 0.264 e. The average Bonchev–Trinajstić information content (AvgIpc) is 3.03. The number of ketones is 1. The minimum absolute atomic E-state index is 0.186. The standard InChI is InChI=1S/C18H24N4O4S/c1-4-6-13(14-8-12(26-7-5-2)9-15(24)20-14)21-17(25)18(19)10-27-16(22-18)11(3)23/h5,8-9,13H,2,4,6-7,10,19H2,1,3H3,(H,20,24)(H,21,25)/t13-,18+/m1/s1. The second-order valence-corrected chi connectivity index (χ2v) is 7.20. The molecule has 27 heavy (non-hydrogen) atoms. The predicted octanol–water partition coefficient (Wildman–Crippen LogP) is 1.29. The summed E-state index contributed by atoms with van der Waals surface area (Å²) in [6.07, 6.45) is 2.92. The highest BCUT2D eigenvalue weighted by molar-refractivity contribution is 8.16. The number of nitrogens with two attached hydrogens (primary N) is 1. The monoisotopic (exact) mass is 392 g/mol. The first-order valence-corrected chi connectivity index (χ1v) is 9.59. The third-order valence-corrected chi connectivity index (χ3v) is 5.13. The first kappa shape index (κ1) is 20.9. The molecule has 4 N–H and O–H groups in total. The SMILES string of the molecule is C=CCOc1cc([C@@H](CCC)NC(=O)[C@]2(N)CSC(C(C)=O)=N2)[nH]c(=O)c1. The van der Waals surface area contributed by atoms with Crippen molar-refractivity contribution in [2.45, 2.75) is 38.4 Å². The zero-order chi connectivity index (χ0) is 20.0. The van der Waals surface area contributed by atoms with Crippen molar-refractivity contribution < 1.29 is 14.3 Å². The van der Waals surface area contributed by atoms with Crippen molar-refractivity contribution in [1.29, 1.82) is 0 Å². The number of nitrogens with one attached hydrogen (secondary N) is 2. The fraction of sp³-hybridized carbons (Fsp3) is 0.444. The van der Waals surface area contributed by atoms with Crippen LogP contribution in [0.1, 0.15) is 38.4 Å². The molecular formula is C18H24N4O4S. The van der Waals surface area contributed by atoms with Gasteiger partial charge in [-0.15, -0.1) is 0 Å². The lowest BCUT2D eigenvalue weighted by atomic mass is 10.1. The number of nitrogens with zero attached hydrogens (tertiary/aromatic N) is 1. The Balaban J connectivity index is 2.24. The number of thioether (sulfide) groups is 1. The molecule has 0 unspecified atom stereocenters. The Morgan fingerprint density at radius 3 is 2.89 bits per heavy atom. The summed E-state index contributed by atoms with van der Waals surface area (Å²) in [7, 11) is 0. The fourth-order valence-electron chi connectivity index (χ4n) is 2.56. The Labute approximate surface area is 161 Å². The summed E-state index contributed by atoms with van der Waals surface area (Å²) < 4.78 is 5.43. The number of aromatic amines is 1. The first-order chi connectivity index (χ1) is 12.8. The summed E-state index contributed by atoms with van der Waals surface area (Å²) >= 11 is 1.16. The Hall–Kier alpha value is -2.39. The molecule has 0 aliphatic carbocycles. The number of hydrogen-bond donors (Lipinski definition) is 3. The lowest BCUT2D eigenvalue weighted by Crippen LogP contribution is -2.54. The van der Waals surface area contributed by atoms with E-state index in [1.54, 1.807) is 12.1 Å². The van der Waals surface area contributed by atoms with E-state index in [0.29, 0.717) is 17.9 Å². The van der Waals surface area contributed by atoms with E-state index in [0.717, 1.165) is 18.2 Å². The second kappa shape index (κ2) is 9.01. The van der Waals surface area contributed by atoms with Gasteiger partial charge in [0.15, 0.2) is 11.4 Å². The molecule has 2 rings (SSSR count). The third-order valence-electron chi connectivity index (χ3n) is 3.89. The normalized spacial score (nSPS) is 19.9. The van der Waals surface area contributed by atoms with E-state index in [1.807, 2.05) is 6.92 Å². The smallest absolute Gasteiger partial charge is 0.264 e. The van der Waals surface area contributed by atoms with Crippen LogP contribution in [0.5, 0.6) is 5.75 Å². The van der Waals surface area contributed by atoms with Crippen molar-refractivity contribution in [1.82, 2.24) is 10.3 Å². The van der Waals surface area contributed by atoms with Gasteiger partial charge in [-0.25, -0.2) is 4.99 Å². The van der Waals surface area contributed by atoms with Gasteiger partial charge in [0.1, 0.15) is 17.4 Å². The average molecular weight is 392 g/mol. The quantitative estimate of drug-likeness (QED) is 0.544. The molecule has 0 saturated heterocycles. The lowest BCUT2D eigenvalue weighted by Gasteiger charge is -2.24. The fourth-order valence-corrected chi connectivity index (χ4v) is 3.55. The summed E-state index contributed by atoms with van der Waals surface area (Å²) in [6, 6.07) is 2.53. The highest BCUT2D eigenvalue weighted by Crippen LogP contribution is 2.26. The summed E-state index contributed by atoms with van der Waals surface area (Å²) in [5.41, 5.74) is 4.77. The van der Waals surface area contributed by atoms with Gasteiger partial charge in [-0.3, -0.25) is 20.1 Å². The van der Waals surface area contributed by atoms with E-state index < -0.39 is 17.6 Å². The van der Waals surface area contributed by atoms with Crippen LogP contribution in [0.15, 0.2) is 34.6 Å². The maximum absolute atomic E-state index is 12.7. The molecule has 0 saturated carbocycles. The number of H-pyrrole nitrogens is 1. The molecule has 1 amide bonds. The summed E-state index contributed by atoms with van der Waals surface area (Å²) in [5.74, 6) is -0.143. The van der Waals surface area contributed by atoms with Crippen LogP contribution in [0.3, 0.4) is 0 Å². The molecule has 0 fully saturated rings. The number of carbonyl (C=O) groups is 2. The number of carbonyl (C=O) groups excluding carboxylic acids is 2. The van der Waals surface area contributed by atoms with Gasteiger partial charge in [-0.1, -0.05) is 37.8 Å². The lowest BCUT2D eigenvalue weighted by molar-refractivity contribution is -0.126. The van der Waals surface area contributed by atoms with Crippen molar-refractivity contribution in [2.24, 2.45) is 10.7 Å². The molecule has 0 radical (unpaired) electrons. The van der Waals surface area contributed by atoms with E-state index in [4.69, 9.17) is 10.5 Å². The van der Waals surface area contributed by atoms with Crippen molar-refractivity contribution in [3.05, 3.63) is 40.8 Å². The molecule has 8 nitrogen and oxygen atoms in total. The topological polar surface area (TPSA) is 127 Å². The van der Waals surface area contributed by atoms with E-state index in [1.165, 1.54) is 13.0 Å². The Morgan fingerprint density at radius 1 is 1.56 bits per heavy atom. The van der Waals surface area contributed by atoms with Gasteiger partial charge in [0, 0.05) is 30.5 Å². The minimum Gasteiger partial charge on any atom is -0.489 e. The van der Waals surface area contributed by atoms with Gasteiger partial charge in [-0.2, -0.15) is 0 Å². The number of aliphatic imine (C=N–C) groups is 1. The Morgan fingerprint density at radius 2 is 2.30 bits per heavy atom. The van der Waals surface area contributed by atoms with E-state index in [9.17, 15) is 14.4 Å². The minimum atomic E-state index is -1.51. The molecule has 2 heterocycles. The molecule has 146 valence electrons. The van der Waals surface area contributed by atoms with Crippen molar-refractivity contribution >= 4 is 28.5 Å². The Kier molecular flexibility index (Phi) is 6.98. The predicted molar refractivity (Wildman–Crippen MR) is 106 cm³/mol. The number of amides is 1. The summed E-state index contributed by atoms with van der Waals surface area (Å²) in [4.78, 5) is 43.0. The molecule has 0 aromatic carbocycles. The molecule has 1 aliphatic rings. The first-order valence-electron chi connectivity index (χ1n) is 8.60. The van der Waals surface area contributed by atoms with Gasteiger partial charge in [-0.05, 0) is 6.42 Å². The van der Waals surface area contributed by atoms with Gasteiger partial charge in [0.2, 0.25) is 0 Å². The van der Waals surface area contributed by atoms with E-state index in [-0.39, 0.29) is 28.7 Å². The van der Waals surface area contributed by atoms with Crippen LogP contribution in [-0.2, 0) is 9.59 Å². The van der Waals surface area contributed by atoms with Gasteiger partial charge >= 0.3 is 0 Å². The molecule has 2 atom stereocenters. The number of pyridine rings is 1. The molecule has 1 aromatic rings. The van der Waals surface area contributed by atoms with E-state index in [2.05, 4.69) is 21.9 Å². The Bertz CT molecular complexity index is 820. The molecule has 9 heteroatoms. The largest absolute Gasteiger partial charge is 0.489 e. The molecule has 1 aliphatic heterocycles. The zero-order valence-corrected chi connectivity index (χ0v) is 16.2. The van der Waals surface area contributed by atoms with E-state index >= 15 is 0 Å². The molecule has 1 aromatic heterocycles. The summed E-state index contributed by atoms with van der Waals surface area (Å²) in [6.45, 7) is 7.18. The van der Waals surface area contributed by atoms with Gasteiger partial charge < -0.3 is 15.0 Å². The number of hydrogen-bond acceptors (Lipinski definition) is 7. The molecular weight excluding hydrogens is 368 g/mol. The van der Waals surface area contributed by atoms with Crippen LogP contribution >= 0.6 is 11.8 Å². The van der Waals surface area contributed by atoms with Gasteiger partial charge in [0.25, 0.3) is 11.5 Å².